The second kappa shape index (κ2) is 20.6. The summed E-state index contributed by atoms with van der Waals surface area (Å²) in [5.41, 5.74) is 0. The van der Waals surface area contributed by atoms with Crippen molar-refractivity contribution in [3.05, 3.63) is 121 Å². The molecule has 0 saturated carbocycles. The van der Waals surface area contributed by atoms with Gasteiger partial charge in [-0.05, 0) is 0 Å². The van der Waals surface area contributed by atoms with E-state index >= 15 is 0 Å². The Morgan fingerprint density at radius 1 is 0.591 bits per heavy atom. The molecule has 2 saturated heterocycles. The van der Waals surface area contributed by atoms with Crippen LogP contribution in [0, 0.1) is 12.2 Å². The Hall–Kier alpha value is -0.600. The molecular weight excluding hydrogens is 766 g/mol. The summed E-state index contributed by atoms with van der Waals surface area (Å²) in [5, 5.41) is 9.47. The van der Waals surface area contributed by atoms with E-state index in [1.54, 1.807) is 21.1 Å². The third kappa shape index (κ3) is 9.71. The normalized spacial score (nSPS) is 17.0. The number of benzene rings is 2. The number of hydrogen-bond acceptors (Lipinski definition) is 0. The largest absolute Gasteiger partial charge is 2.00 e. The number of allylic oxidation sites excluding steroid dienone is 8. The van der Waals surface area contributed by atoms with Crippen molar-refractivity contribution in [3.63, 3.8) is 0 Å². The van der Waals surface area contributed by atoms with Crippen molar-refractivity contribution in [3.8, 4) is 0 Å². The van der Waals surface area contributed by atoms with E-state index in [1.165, 1.54) is 59.9 Å². The summed E-state index contributed by atoms with van der Waals surface area (Å²) in [6, 6.07) is 36.2. The van der Waals surface area contributed by atoms with Gasteiger partial charge in [0, 0.05) is 16.1 Å². The fourth-order valence-electron chi connectivity index (χ4n) is 6.74. The standard InChI is InChI=1S/2C14H17Si.2C5H5.2ClH.2Zr/c2*1-2-15(10-5-11-15)14-9-8-12-6-3-4-7-13(12)14;2*1-2-4-5-3-1;;;;/h2*3-4,6-9H,2,5,10-11H2,1H3;2*1-3H,4H2;2*1H;;/q4*-1;;;2*+2/p-2. The van der Waals surface area contributed by atoms with Gasteiger partial charge in [0.25, 0.3) is 0 Å². The van der Waals surface area contributed by atoms with Crippen LogP contribution in [0.3, 0.4) is 0 Å². The van der Waals surface area contributed by atoms with Crippen LogP contribution in [-0.2, 0) is 52.4 Å². The van der Waals surface area contributed by atoms with Gasteiger partial charge in [-0.3, -0.25) is 12.2 Å². The van der Waals surface area contributed by atoms with Crippen molar-refractivity contribution < 1.29 is 77.2 Å². The van der Waals surface area contributed by atoms with Crippen LogP contribution < -0.4 is 35.2 Å². The van der Waals surface area contributed by atoms with Gasteiger partial charge in [0.05, 0.1) is 0 Å². The third-order valence-electron chi connectivity index (χ3n) is 9.65. The van der Waals surface area contributed by atoms with Crippen molar-refractivity contribution >= 4 is 48.1 Å². The molecule has 8 rings (SSSR count). The monoisotopic (exact) mass is 806 g/mol. The minimum Gasteiger partial charge on any atom is -1.00 e. The summed E-state index contributed by atoms with van der Waals surface area (Å²) in [6.45, 7) is 4.79. The number of rotatable bonds is 4. The summed E-state index contributed by atoms with van der Waals surface area (Å²) in [7, 11) is -2.01. The van der Waals surface area contributed by atoms with Crippen molar-refractivity contribution in [1.82, 2.24) is 0 Å². The number of fused-ring (bicyclic) bond motifs is 2. The van der Waals surface area contributed by atoms with Crippen LogP contribution >= 0.6 is 0 Å². The Morgan fingerprint density at radius 3 is 1.23 bits per heavy atom. The van der Waals surface area contributed by atoms with Gasteiger partial charge in [0.2, 0.25) is 0 Å². The Kier molecular flexibility index (Phi) is 19.4. The first kappa shape index (κ1) is 41.4. The van der Waals surface area contributed by atoms with Crippen LogP contribution in [0.15, 0.2) is 109 Å². The third-order valence-corrected chi connectivity index (χ3v) is 20.8. The molecule has 0 bridgehead atoms. The Labute approximate surface area is 319 Å². The Morgan fingerprint density at radius 2 is 0.977 bits per heavy atom. The van der Waals surface area contributed by atoms with Crippen molar-refractivity contribution in [2.24, 2.45) is 0 Å². The molecule has 4 aromatic rings. The average Bonchev–Trinajstić information content (AvgIpc) is 3.78. The second-order valence-electron chi connectivity index (χ2n) is 11.6. The van der Waals surface area contributed by atoms with Crippen LogP contribution in [-0.4, -0.2) is 16.1 Å². The van der Waals surface area contributed by atoms with Crippen LogP contribution in [0.5, 0.6) is 0 Å². The summed E-state index contributed by atoms with van der Waals surface area (Å²) in [5.74, 6) is 0. The maximum Gasteiger partial charge on any atom is 2.00 e. The van der Waals surface area contributed by atoms with Crippen molar-refractivity contribution in [2.75, 3.05) is 0 Å². The average molecular weight is 810 g/mol. The van der Waals surface area contributed by atoms with Gasteiger partial charge in [-0.2, -0.15) is 36.4 Å². The molecule has 0 unspecified atom stereocenters. The van der Waals surface area contributed by atoms with Crippen LogP contribution in [0.25, 0.3) is 21.5 Å². The van der Waals surface area contributed by atoms with Crippen LogP contribution in [0.4, 0.5) is 0 Å². The predicted molar refractivity (Wildman–Crippen MR) is 182 cm³/mol. The van der Waals surface area contributed by atoms with E-state index in [0.717, 1.165) is 12.8 Å². The minimum absolute atomic E-state index is 0. The molecule has 0 amide bonds. The molecule has 2 aliphatic heterocycles. The number of hydrogen-bond donors (Lipinski definition) is 0. The molecule has 2 fully saturated rings. The van der Waals surface area contributed by atoms with E-state index in [2.05, 4.69) is 111 Å². The van der Waals surface area contributed by atoms with Gasteiger partial charge in [-0.25, -0.2) is 24.3 Å². The molecule has 6 heteroatoms. The fourth-order valence-corrected chi connectivity index (χ4v) is 14.9. The quantitative estimate of drug-likeness (QED) is 0.217. The molecule has 0 atom stereocenters. The molecule has 0 radical (unpaired) electrons. The van der Waals surface area contributed by atoms with Crippen molar-refractivity contribution in [2.45, 2.75) is 75.8 Å². The maximum atomic E-state index is 2.99. The van der Waals surface area contributed by atoms with Crippen LogP contribution in [0.2, 0.25) is 36.3 Å². The molecular formula is C38H44Cl2Si2Zr2-2. The van der Waals surface area contributed by atoms with E-state index < -0.39 is 16.1 Å². The van der Waals surface area contributed by atoms with E-state index in [-0.39, 0.29) is 77.2 Å². The molecule has 4 aromatic carbocycles. The zero-order valence-corrected chi connectivity index (χ0v) is 34.6. The van der Waals surface area contributed by atoms with Gasteiger partial charge >= 0.3 is 52.4 Å². The molecule has 44 heavy (non-hydrogen) atoms. The molecule has 228 valence electrons. The van der Waals surface area contributed by atoms with E-state index in [1.807, 2.05) is 24.3 Å². The zero-order chi connectivity index (χ0) is 27.7. The topological polar surface area (TPSA) is 0 Å². The molecule has 0 nitrogen and oxygen atoms in total. The Bertz CT molecular complexity index is 1360. The number of halogens is 2. The molecule has 4 aliphatic rings. The summed E-state index contributed by atoms with van der Waals surface area (Å²) < 4.78 is 0. The minimum atomic E-state index is -1.01. The first-order chi connectivity index (χ1) is 19.7. The van der Waals surface area contributed by atoms with Gasteiger partial charge in [-0.1, -0.05) is 75.1 Å². The van der Waals surface area contributed by atoms with Gasteiger partial charge < -0.3 is 24.8 Å². The Balaban J connectivity index is 0.000000314. The van der Waals surface area contributed by atoms with E-state index in [4.69, 9.17) is 0 Å². The maximum absolute atomic E-state index is 2.99. The first-order valence-corrected chi connectivity index (χ1v) is 20.7. The van der Waals surface area contributed by atoms with E-state index in [9.17, 15) is 0 Å². The molecule has 0 spiro atoms. The molecule has 0 aromatic heterocycles. The first-order valence-electron chi connectivity index (χ1n) is 15.4. The molecule has 2 heterocycles. The van der Waals surface area contributed by atoms with Gasteiger partial charge in [-0.15, -0.1) is 81.2 Å². The molecule has 2 aliphatic carbocycles. The van der Waals surface area contributed by atoms with Gasteiger partial charge in [0.1, 0.15) is 0 Å². The summed E-state index contributed by atoms with van der Waals surface area (Å²) in [4.78, 5) is 0. The summed E-state index contributed by atoms with van der Waals surface area (Å²) >= 11 is 0. The zero-order valence-electron chi connectivity index (χ0n) is 26.2. The fraction of sp³-hybridized carbons (Fsp3) is 0.316. The SMILES string of the molecule is CC[Si]1([c-]2ccc3ccccc32)CCC1.CC[Si]1([c-]2ccc3ccccc32)CCC1.[C-]1=CC=CC1.[C-]1=CC=CC1.[Cl-].[Cl-].[Zr+2].[Zr+2]. The van der Waals surface area contributed by atoms with E-state index in [0.29, 0.717) is 0 Å². The smallest absolute Gasteiger partial charge is 1.00 e. The predicted octanol–water partition coefficient (Wildman–Crippen LogP) is 3.89. The van der Waals surface area contributed by atoms with Crippen LogP contribution in [0.1, 0.15) is 39.5 Å². The molecule has 0 N–H and O–H groups in total. The summed E-state index contributed by atoms with van der Waals surface area (Å²) in [6.07, 6.45) is 22.9. The van der Waals surface area contributed by atoms with Crippen molar-refractivity contribution in [1.29, 1.82) is 0 Å². The van der Waals surface area contributed by atoms with Gasteiger partial charge in [0.15, 0.2) is 0 Å². The second-order valence-corrected chi connectivity index (χ2v) is 21.3.